The lowest BCUT2D eigenvalue weighted by Gasteiger charge is -2.20. The zero-order valence-electron chi connectivity index (χ0n) is 13.1. The van der Waals surface area contributed by atoms with Crippen molar-refractivity contribution in [2.45, 2.75) is 46.1 Å². The van der Waals surface area contributed by atoms with Crippen LogP contribution in [0.5, 0.6) is 0 Å². The van der Waals surface area contributed by atoms with Crippen LogP contribution in [0.25, 0.3) is 0 Å². The number of aryl methyl sites for hydroxylation is 3. The minimum absolute atomic E-state index is 0.442. The summed E-state index contributed by atoms with van der Waals surface area (Å²) in [6, 6.07) is 9.46. The van der Waals surface area contributed by atoms with E-state index in [0.717, 1.165) is 19.4 Å². The van der Waals surface area contributed by atoms with Gasteiger partial charge < -0.3 is 5.32 Å². The van der Waals surface area contributed by atoms with Gasteiger partial charge in [0.25, 0.3) is 0 Å². The van der Waals surface area contributed by atoms with Crippen molar-refractivity contribution in [1.82, 2.24) is 5.32 Å². The second-order valence-electron chi connectivity index (χ2n) is 5.59. The van der Waals surface area contributed by atoms with E-state index < -0.39 is 0 Å². The molecule has 0 saturated carbocycles. The van der Waals surface area contributed by atoms with Crippen LogP contribution in [0.1, 0.15) is 47.4 Å². The van der Waals surface area contributed by atoms with Crippen LogP contribution in [0.4, 0.5) is 0 Å². The quantitative estimate of drug-likeness (QED) is 0.653. The van der Waals surface area contributed by atoms with E-state index in [4.69, 9.17) is 0 Å². The highest BCUT2D eigenvalue weighted by Crippen LogP contribution is 2.28. The fourth-order valence-corrected chi connectivity index (χ4v) is 3.58. The van der Waals surface area contributed by atoms with Crippen molar-refractivity contribution in [3.8, 4) is 0 Å². The van der Waals surface area contributed by atoms with Gasteiger partial charge in [0.05, 0.1) is 0 Å². The molecule has 2 rings (SSSR count). The Kier molecular flexibility index (Phi) is 6.46. The van der Waals surface area contributed by atoms with Gasteiger partial charge in [-0.25, -0.2) is 0 Å². The van der Waals surface area contributed by atoms with Crippen LogP contribution < -0.4 is 5.32 Å². The highest BCUT2D eigenvalue weighted by Gasteiger charge is 2.13. The molecule has 0 bridgehead atoms. The SMILES string of the molecule is CCCNC(CCc1cccs1)c1cc(C)c(Br)c(C)c1. The van der Waals surface area contributed by atoms with Crippen LogP contribution in [0.15, 0.2) is 34.1 Å². The Morgan fingerprint density at radius 3 is 2.52 bits per heavy atom. The van der Waals surface area contributed by atoms with Gasteiger partial charge in [0.2, 0.25) is 0 Å². The summed E-state index contributed by atoms with van der Waals surface area (Å²) >= 11 is 5.52. The summed E-state index contributed by atoms with van der Waals surface area (Å²) in [7, 11) is 0. The third-order valence-corrected chi connectivity index (χ3v) is 5.95. The zero-order chi connectivity index (χ0) is 15.2. The molecule has 0 spiro atoms. The molecule has 1 aromatic heterocycles. The monoisotopic (exact) mass is 365 g/mol. The predicted molar refractivity (Wildman–Crippen MR) is 97.3 cm³/mol. The summed E-state index contributed by atoms with van der Waals surface area (Å²) in [6.07, 6.45) is 3.47. The Bertz CT molecular complexity index is 540. The molecule has 1 nitrogen and oxygen atoms in total. The average molecular weight is 366 g/mol. The molecular weight excluding hydrogens is 342 g/mol. The standard InChI is InChI=1S/C18H24BrNS/c1-4-9-20-17(8-7-16-6-5-10-21-16)15-11-13(2)18(19)14(3)12-15/h5-6,10-12,17,20H,4,7-9H2,1-3H3. The van der Waals surface area contributed by atoms with Crippen molar-refractivity contribution in [2.75, 3.05) is 6.54 Å². The molecule has 0 saturated heterocycles. The van der Waals surface area contributed by atoms with Crippen molar-refractivity contribution in [1.29, 1.82) is 0 Å². The highest BCUT2D eigenvalue weighted by molar-refractivity contribution is 9.10. The molecule has 0 aliphatic heterocycles. The molecule has 1 aromatic carbocycles. The molecule has 0 aliphatic rings. The van der Waals surface area contributed by atoms with Gasteiger partial charge in [-0.15, -0.1) is 11.3 Å². The molecular formula is C18H24BrNS. The van der Waals surface area contributed by atoms with Crippen LogP contribution in [-0.4, -0.2) is 6.54 Å². The van der Waals surface area contributed by atoms with Crippen LogP contribution >= 0.6 is 27.3 Å². The number of halogens is 1. The molecule has 1 N–H and O–H groups in total. The molecule has 3 heteroatoms. The number of nitrogens with one attached hydrogen (secondary N) is 1. The summed E-state index contributed by atoms with van der Waals surface area (Å²) in [6.45, 7) is 7.65. The van der Waals surface area contributed by atoms with Gasteiger partial charge in [-0.2, -0.15) is 0 Å². The van der Waals surface area contributed by atoms with Gasteiger partial charge in [0.1, 0.15) is 0 Å². The minimum Gasteiger partial charge on any atom is -0.310 e. The van der Waals surface area contributed by atoms with Crippen LogP contribution in [-0.2, 0) is 6.42 Å². The van der Waals surface area contributed by atoms with Crippen molar-refractivity contribution in [3.63, 3.8) is 0 Å². The van der Waals surface area contributed by atoms with Gasteiger partial charge in [-0.3, -0.25) is 0 Å². The van der Waals surface area contributed by atoms with Crippen molar-refractivity contribution >= 4 is 27.3 Å². The Labute approximate surface area is 140 Å². The maximum atomic E-state index is 3.71. The second kappa shape index (κ2) is 8.11. The van der Waals surface area contributed by atoms with E-state index in [2.05, 4.69) is 71.7 Å². The van der Waals surface area contributed by atoms with Gasteiger partial charge in [0.15, 0.2) is 0 Å². The van der Waals surface area contributed by atoms with E-state index in [9.17, 15) is 0 Å². The molecule has 0 amide bonds. The smallest absolute Gasteiger partial charge is 0.0323 e. The first-order chi connectivity index (χ1) is 10.1. The van der Waals surface area contributed by atoms with Crippen LogP contribution in [0, 0.1) is 13.8 Å². The van der Waals surface area contributed by atoms with E-state index in [1.54, 1.807) is 0 Å². The van der Waals surface area contributed by atoms with E-state index in [1.807, 2.05) is 11.3 Å². The maximum absolute atomic E-state index is 3.71. The Morgan fingerprint density at radius 1 is 1.24 bits per heavy atom. The fraction of sp³-hybridized carbons (Fsp3) is 0.444. The molecule has 1 unspecified atom stereocenters. The van der Waals surface area contributed by atoms with Crippen LogP contribution in [0.2, 0.25) is 0 Å². The lowest BCUT2D eigenvalue weighted by molar-refractivity contribution is 0.500. The number of hydrogen-bond donors (Lipinski definition) is 1. The Morgan fingerprint density at radius 2 is 1.95 bits per heavy atom. The summed E-state index contributed by atoms with van der Waals surface area (Å²) in [4.78, 5) is 1.48. The summed E-state index contributed by atoms with van der Waals surface area (Å²) in [5.74, 6) is 0. The fourth-order valence-electron chi connectivity index (χ4n) is 2.63. The molecule has 0 fully saturated rings. The lowest BCUT2D eigenvalue weighted by atomic mass is 9.97. The summed E-state index contributed by atoms with van der Waals surface area (Å²) in [5.41, 5.74) is 4.06. The first kappa shape index (κ1) is 16.7. The van der Waals surface area contributed by atoms with Gasteiger partial charge in [-0.05, 0) is 67.8 Å². The summed E-state index contributed by atoms with van der Waals surface area (Å²) < 4.78 is 1.23. The third-order valence-electron chi connectivity index (χ3n) is 3.76. The van der Waals surface area contributed by atoms with Gasteiger partial charge in [0, 0.05) is 15.4 Å². The minimum atomic E-state index is 0.442. The molecule has 21 heavy (non-hydrogen) atoms. The van der Waals surface area contributed by atoms with Gasteiger partial charge in [-0.1, -0.05) is 41.1 Å². The largest absolute Gasteiger partial charge is 0.310 e. The van der Waals surface area contributed by atoms with E-state index in [1.165, 1.54) is 32.5 Å². The van der Waals surface area contributed by atoms with E-state index in [0.29, 0.717) is 6.04 Å². The summed E-state index contributed by atoms with van der Waals surface area (Å²) in [5, 5.41) is 5.88. The van der Waals surface area contributed by atoms with Crippen molar-refractivity contribution in [2.24, 2.45) is 0 Å². The first-order valence-electron chi connectivity index (χ1n) is 7.64. The van der Waals surface area contributed by atoms with E-state index >= 15 is 0 Å². The number of benzene rings is 1. The first-order valence-corrected chi connectivity index (χ1v) is 9.31. The second-order valence-corrected chi connectivity index (χ2v) is 7.42. The number of rotatable bonds is 7. The van der Waals surface area contributed by atoms with Crippen molar-refractivity contribution in [3.05, 3.63) is 55.7 Å². The molecule has 2 aromatic rings. The molecule has 1 atom stereocenters. The Hall–Kier alpha value is -0.640. The van der Waals surface area contributed by atoms with Crippen LogP contribution in [0.3, 0.4) is 0 Å². The molecule has 0 aliphatic carbocycles. The van der Waals surface area contributed by atoms with E-state index in [-0.39, 0.29) is 0 Å². The number of hydrogen-bond acceptors (Lipinski definition) is 2. The number of thiophene rings is 1. The Balaban J connectivity index is 2.14. The highest BCUT2D eigenvalue weighted by atomic mass is 79.9. The maximum Gasteiger partial charge on any atom is 0.0323 e. The normalized spacial score (nSPS) is 12.6. The predicted octanol–water partition coefficient (Wildman–Crippen LogP) is 5.80. The zero-order valence-corrected chi connectivity index (χ0v) is 15.5. The van der Waals surface area contributed by atoms with Crippen molar-refractivity contribution < 1.29 is 0 Å². The lowest BCUT2D eigenvalue weighted by Crippen LogP contribution is -2.23. The van der Waals surface area contributed by atoms with Gasteiger partial charge >= 0.3 is 0 Å². The molecule has 0 radical (unpaired) electrons. The topological polar surface area (TPSA) is 12.0 Å². The average Bonchev–Trinajstić information content (AvgIpc) is 2.97. The molecule has 1 heterocycles. The third kappa shape index (κ3) is 4.67. The molecule has 114 valence electrons.